The number of hydrogen-bond donors (Lipinski definition) is 2. The number of rotatable bonds is 9. The molecule has 0 atom stereocenters. The number of benzene rings is 1. The van der Waals surface area contributed by atoms with Gasteiger partial charge in [0.15, 0.2) is 0 Å². The summed E-state index contributed by atoms with van der Waals surface area (Å²) in [6.07, 6.45) is 7.66. The predicted octanol–water partition coefficient (Wildman–Crippen LogP) is 5.20. The summed E-state index contributed by atoms with van der Waals surface area (Å²) < 4.78 is 18.4. The topological polar surface area (TPSA) is 58.6 Å². The SMILES string of the molecule is CC/C(=C\F)COc1ccc(C23CCC(C(=O)NCCC(C)(C)O)(CC2)CC3)cc1. The normalized spacial score (nSPS) is 26.5. The second-order valence-electron chi connectivity index (χ2n) is 9.81. The minimum absolute atomic E-state index is 0.154. The number of carbonyl (C=O) groups excluding carboxylic acids is 1. The number of fused-ring (bicyclic) bond motifs is 3. The van der Waals surface area contributed by atoms with E-state index < -0.39 is 5.60 Å². The van der Waals surface area contributed by atoms with Crippen LogP contribution in [0.25, 0.3) is 0 Å². The summed E-state index contributed by atoms with van der Waals surface area (Å²) in [6.45, 7) is 6.25. The Morgan fingerprint density at radius 3 is 2.27 bits per heavy atom. The molecule has 166 valence electrons. The summed E-state index contributed by atoms with van der Waals surface area (Å²) in [5.41, 5.74) is 1.13. The highest BCUT2D eigenvalue weighted by molar-refractivity contribution is 5.83. The van der Waals surface area contributed by atoms with Crippen LogP contribution in [0.5, 0.6) is 5.75 Å². The number of hydrogen-bond acceptors (Lipinski definition) is 3. The van der Waals surface area contributed by atoms with Gasteiger partial charge in [-0.05, 0) is 93.9 Å². The third kappa shape index (κ3) is 5.05. The molecular formula is C25H36FNO3. The molecule has 0 spiro atoms. The van der Waals surface area contributed by atoms with Crippen molar-refractivity contribution >= 4 is 5.91 Å². The maximum absolute atomic E-state index is 12.9. The molecule has 30 heavy (non-hydrogen) atoms. The number of aliphatic hydroxyl groups is 1. The van der Waals surface area contributed by atoms with Gasteiger partial charge in [-0.25, -0.2) is 4.39 Å². The molecule has 2 bridgehead atoms. The zero-order valence-corrected chi connectivity index (χ0v) is 18.6. The first-order valence-electron chi connectivity index (χ1n) is 11.2. The van der Waals surface area contributed by atoms with E-state index in [-0.39, 0.29) is 23.3 Å². The molecule has 0 unspecified atom stereocenters. The van der Waals surface area contributed by atoms with Gasteiger partial charge in [0, 0.05) is 12.0 Å². The summed E-state index contributed by atoms with van der Waals surface area (Å²) in [7, 11) is 0. The molecule has 3 aliphatic carbocycles. The molecule has 3 aliphatic rings. The third-order valence-corrected chi connectivity index (χ3v) is 7.25. The van der Waals surface area contributed by atoms with Gasteiger partial charge in [0.2, 0.25) is 5.91 Å². The van der Waals surface area contributed by atoms with Gasteiger partial charge in [-0.1, -0.05) is 19.1 Å². The Kier molecular flexibility index (Phi) is 6.91. The Bertz CT molecular complexity index is 739. The highest BCUT2D eigenvalue weighted by Gasteiger charge is 2.52. The molecule has 3 fully saturated rings. The van der Waals surface area contributed by atoms with Crippen LogP contribution >= 0.6 is 0 Å². The van der Waals surface area contributed by atoms with Crippen molar-refractivity contribution in [3.8, 4) is 5.75 Å². The van der Waals surface area contributed by atoms with Crippen molar-refractivity contribution in [2.24, 2.45) is 5.41 Å². The van der Waals surface area contributed by atoms with Crippen LogP contribution in [0.3, 0.4) is 0 Å². The maximum atomic E-state index is 12.9. The van der Waals surface area contributed by atoms with Crippen LogP contribution in [0, 0.1) is 5.41 Å². The van der Waals surface area contributed by atoms with E-state index >= 15 is 0 Å². The molecule has 1 aromatic carbocycles. The van der Waals surface area contributed by atoms with Crippen molar-refractivity contribution in [3.05, 3.63) is 41.7 Å². The van der Waals surface area contributed by atoms with Gasteiger partial charge in [-0.3, -0.25) is 4.79 Å². The standard InChI is InChI=1S/C25H36FNO3/c1-4-19(17-26)18-30-21-7-5-20(6-8-21)24-9-12-25(13-10-24,14-11-24)22(28)27-16-15-23(2,3)29/h5-8,17,29H,4,9-16,18H2,1-3H3,(H,27,28)/b19-17+. The zero-order valence-electron chi connectivity index (χ0n) is 18.6. The van der Waals surface area contributed by atoms with Crippen molar-refractivity contribution in [2.45, 2.75) is 83.2 Å². The van der Waals surface area contributed by atoms with Gasteiger partial charge in [-0.15, -0.1) is 0 Å². The zero-order chi connectivity index (χ0) is 21.8. The van der Waals surface area contributed by atoms with Crippen molar-refractivity contribution in [2.75, 3.05) is 13.2 Å². The van der Waals surface area contributed by atoms with Gasteiger partial charge in [0.1, 0.15) is 12.4 Å². The third-order valence-electron chi connectivity index (χ3n) is 7.25. The maximum Gasteiger partial charge on any atom is 0.226 e. The second kappa shape index (κ2) is 9.09. The number of ether oxygens (including phenoxy) is 1. The average molecular weight is 418 g/mol. The molecule has 0 radical (unpaired) electrons. The van der Waals surface area contributed by atoms with E-state index in [9.17, 15) is 14.3 Å². The fourth-order valence-electron chi connectivity index (χ4n) is 4.92. The molecule has 0 aliphatic heterocycles. The van der Waals surface area contributed by atoms with Crippen molar-refractivity contribution in [1.82, 2.24) is 5.32 Å². The van der Waals surface area contributed by atoms with Crippen LogP contribution in [0.4, 0.5) is 4.39 Å². The van der Waals surface area contributed by atoms with Crippen LogP contribution in [0.1, 0.15) is 77.7 Å². The first-order chi connectivity index (χ1) is 14.2. The smallest absolute Gasteiger partial charge is 0.226 e. The Morgan fingerprint density at radius 2 is 1.77 bits per heavy atom. The van der Waals surface area contributed by atoms with Gasteiger partial charge in [0.05, 0.1) is 11.9 Å². The van der Waals surface area contributed by atoms with E-state index in [0.717, 1.165) is 44.3 Å². The summed E-state index contributed by atoms with van der Waals surface area (Å²) >= 11 is 0. The van der Waals surface area contributed by atoms with Gasteiger partial charge in [0.25, 0.3) is 0 Å². The molecule has 4 nitrogen and oxygen atoms in total. The lowest BCUT2D eigenvalue weighted by atomic mass is 9.51. The molecule has 1 amide bonds. The van der Waals surface area contributed by atoms with Crippen LogP contribution in [-0.4, -0.2) is 29.8 Å². The van der Waals surface area contributed by atoms with E-state index in [1.165, 1.54) is 5.56 Å². The van der Waals surface area contributed by atoms with Gasteiger partial charge >= 0.3 is 0 Å². The fraction of sp³-hybridized carbons (Fsp3) is 0.640. The van der Waals surface area contributed by atoms with Crippen molar-refractivity contribution in [1.29, 1.82) is 0 Å². The van der Waals surface area contributed by atoms with E-state index in [1.807, 2.05) is 19.1 Å². The monoisotopic (exact) mass is 417 g/mol. The Balaban J connectivity index is 1.57. The highest BCUT2D eigenvalue weighted by Crippen LogP contribution is 2.57. The largest absolute Gasteiger partial charge is 0.489 e. The molecule has 0 heterocycles. The molecular weight excluding hydrogens is 381 g/mol. The Morgan fingerprint density at radius 1 is 1.17 bits per heavy atom. The number of halogens is 1. The molecule has 2 N–H and O–H groups in total. The average Bonchev–Trinajstić information content (AvgIpc) is 2.75. The van der Waals surface area contributed by atoms with Crippen LogP contribution < -0.4 is 10.1 Å². The number of carbonyl (C=O) groups is 1. The molecule has 5 heteroatoms. The molecule has 0 saturated heterocycles. The lowest BCUT2D eigenvalue weighted by Gasteiger charge is -2.52. The fourth-order valence-corrected chi connectivity index (χ4v) is 4.92. The summed E-state index contributed by atoms with van der Waals surface area (Å²) in [5, 5.41) is 12.9. The van der Waals surface area contributed by atoms with Crippen LogP contribution in [0.2, 0.25) is 0 Å². The molecule has 0 aromatic heterocycles. The number of amides is 1. The minimum Gasteiger partial charge on any atom is -0.489 e. The first kappa shape index (κ1) is 22.8. The van der Waals surface area contributed by atoms with Crippen molar-refractivity contribution < 1.29 is 19.0 Å². The Hall–Kier alpha value is -1.88. The summed E-state index contributed by atoms with van der Waals surface area (Å²) in [6, 6.07) is 8.24. The highest BCUT2D eigenvalue weighted by atomic mass is 19.1. The molecule has 3 saturated carbocycles. The summed E-state index contributed by atoms with van der Waals surface area (Å²) in [5.74, 6) is 0.923. The molecule has 4 rings (SSSR count). The van der Waals surface area contributed by atoms with Gasteiger partial charge < -0.3 is 15.2 Å². The van der Waals surface area contributed by atoms with E-state index in [2.05, 4.69) is 17.4 Å². The number of nitrogens with one attached hydrogen (secondary N) is 1. The first-order valence-corrected chi connectivity index (χ1v) is 11.2. The van der Waals surface area contributed by atoms with Gasteiger partial charge in [-0.2, -0.15) is 0 Å². The van der Waals surface area contributed by atoms with E-state index in [4.69, 9.17) is 4.74 Å². The van der Waals surface area contributed by atoms with Crippen LogP contribution in [-0.2, 0) is 10.2 Å². The quantitative estimate of drug-likeness (QED) is 0.581. The molecule has 1 aromatic rings. The predicted molar refractivity (Wildman–Crippen MR) is 117 cm³/mol. The van der Waals surface area contributed by atoms with E-state index in [0.29, 0.717) is 31.3 Å². The minimum atomic E-state index is -0.755. The lowest BCUT2D eigenvalue weighted by molar-refractivity contribution is -0.138. The second-order valence-corrected chi connectivity index (χ2v) is 9.81. The van der Waals surface area contributed by atoms with Crippen LogP contribution in [0.15, 0.2) is 36.2 Å². The summed E-state index contributed by atoms with van der Waals surface area (Å²) in [4.78, 5) is 12.9. The van der Waals surface area contributed by atoms with E-state index in [1.54, 1.807) is 13.8 Å². The van der Waals surface area contributed by atoms with Crippen molar-refractivity contribution in [3.63, 3.8) is 0 Å². The Labute approximate surface area is 179 Å². The lowest BCUT2D eigenvalue weighted by Crippen LogP contribution is -2.52.